The normalized spacial score (nSPS) is 17.4. The minimum Gasteiger partial charge on any atom is -0.356 e. The van der Waals surface area contributed by atoms with Gasteiger partial charge in [-0.15, -0.1) is 0 Å². The Balaban J connectivity index is 1.81. The van der Waals surface area contributed by atoms with Crippen molar-refractivity contribution in [2.45, 2.75) is 52.5 Å². The van der Waals surface area contributed by atoms with E-state index in [1.54, 1.807) is 17.0 Å². The van der Waals surface area contributed by atoms with Crippen LogP contribution in [-0.2, 0) is 16.1 Å². The minimum absolute atomic E-state index is 0.0856. The summed E-state index contributed by atoms with van der Waals surface area (Å²) in [6.07, 6.45) is 4.31. The predicted octanol–water partition coefficient (Wildman–Crippen LogP) is 3.51. The van der Waals surface area contributed by atoms with Crippen molar-refractivity contribution in [2.24, 2.45) is 11.8 Å². The Morgan fingerprint density at radius 1 is 1.24 bits per heavy atom. The van der Waals surface area contributed by atoms with Crippen molar-refractivity contribution in [3.8, 4) is 0 Å². The van der Waals surface area contributed by atoms with Crippen molar-refractivity contribution in [1.29, 1.82) is 0 Å². The number of rotatable bonds is 9. The first-order chi connectivity index (χ1) is 12.0. The SMILES string of the molecule is CCCC(CCC)C(=O)NCC1CC(=O)N(Cc2ccc(F)cc2)C1. The molecule has 1 atom stereocenters. The Bertz CT molecular complexity index is 568. The van der Waals surface area contributed by atoms with E-state index in [9.17, 15) is 14.0 Å². The van der Waals surface area contributed by atoms with Crippen LogP contribution in [0.5, 0.6) is 0 Å². The Labute approximate surface area is 149 Å². The number of likely N-dealkylation sites (tertiary alicyclic amines) is 1. The lowest BCUT2D eigenvalue weighted by molar-refractivity contribution is -0.128. The summed E-state index contributed by atoms with van der Waals surface area (Å²) in [4.78, 5) is 26.3. The third-order valence-corrected chi connectivity index (χ3v) is 4.79. The summed E-state index contributed by atoms with van der Waals surface area (Å²) in [5.41, 5.74) is 0.922. The molecule has 1 aromatic rings. The van der Waals surface area contributed by atoms with Gasteiger partial charge in [0.2, 0.25) is 11.8 Å². The first-order valence-electron chi connectivity index (χ1n) is 9.33. The Hall–Kier alpha value is -1.91. The molecule has 0 spiro atoms. The number of hydrogen-bond donors (Lipinski definition) is 1. The van der Waals surface area contributed by atoms with Gasteiger partial charge in [-0.2, -0.15) is 0 Å². The number of carbonyl (C=O) groups is 2. The van der Waals surface area contributed by atoms with Crippen molar-refractivity contribution in [1.82, 2.24) is 10.2 Å². The molecule has 0 radical (unpaired) electrons. The van der Waals surface area contributed by atoms with E-state index in [1.807, 2.05) is 0 Å². The van der Waals surface area contributed by atoms with Gasteiger partial charge in [0.15, 0.2) is 0 Å². The molecule has 2 amide bonds. The lowest BCUT2D eigenvalue weighted by atomic mass is 9.97. The standard InChI is InChI=1S/C20H29FN2O2/c1-3-5-17(6-4-2)20(25)22-12-16-11-19(24)23(14-16)13-15-7-9-18(21)10-8-15/h7-10,16-17H,3-6,11-14H2,1-2H3,(H,22,25). The van der Waals surface area contributed by atoms with Gasteiger partial charge in [-0.25, -0.2) is 4.39 Å². The fourth-order valence-corrected chi connectivity index (χ4v) is 3.45. The molecule has 4 nitrogen and oxygen atoms in total. The zero-order chi connectivity index (χ0) is 18.2. The van der Waals surface area contributed by atoms with Crippen LogP contribution in [0.3, 0.4) is 0 Å². The van der Waals surface area contributed by atoms with Gasteiger partial charge in [-0.05, 0) is 30.5 Å². The number of amides is 2. The summed E-state index contributed by atoms with van der Waals surface area (Å²) in [5, 5.41) is 3.04. The minimum atomic E-state index is -0.272. The van der Waals surface area contributed by atoms with Crippen LogP contribution in [0, 0.1) is 17.7 Å². The van der Waals surface area contributed by atoms with Gasteiger partial charge in [0, 0.05) is 37.9 Å². The van der Waals surface area contributed by atoms with Gasteiger partial charge < -0.3 is 10.2 Å². The van der Waals surface area contributed by atoms with Gasteiger partial charge in [0.25, 0.3) is 0 Å². The van der Waals surface area contributed by atoms with E-state index in [1.165, 1.54) is 12.1 Å². The van der Waals surface area contributed by atoms with E-state index in [4.69, 9.17) is 0 Å². The number of nitrogens with one attached hydrogen (secondary N) is 1. The highest BCUT2D eigenvalue weighted by Crippen LogP contribution is 2.20. The number of hydrogen-bond acceptors (Lipinski definition) is 2. The highest BCUT2D eigenvalue weighted by atomic mass is 19.1. The monoisotopic (exact) mass is 348 g/mol. The molecule has 1 N–H and O–H groups in total. The van der Waals surface area contributed by atoms with Crippen molar-refractivity contribution in [2.75, 3.05) is 13.1 Å². The summed E-state index contributed by atoms with van der Waals surface area (Å²) < 4.78 is 13.0. The van der Waals surface area contributed by atoms with Crippen LogP contribution in [0.4, 0.5) is 4.39 Å². The Morgan fingerprint density at radius 2 is 1.88 bits per heavy atom. The van der Waals surface area contributed by atoms with E-state index < -0.39 is 0 Å². The molecular weight excluding hydrogens is 319 g/mol. The average Bonchev–Trinajstić information content (AvgIpc) is 2.94. The van der Waals surface area contributed by atoms with Crippen LogP contribution in [0.1, 0.15) is 51.5 Å². The van der Waals surface area contributed by atoms with Gasteiger partial charge in [0.1, 0.15) is 5.82 Å². The molecule has 0 saturated carbocycles. The lowest BCUT2D eigenvalue weighted by Gasteiger charge is -2.19. The van der Waals surface area contributed by atoms with Gasteiger partial charge in [0.05, 0.1) is 0 Å². The number of halogens is 1. The van der Waals surface area contributed by atoms with Crippen LogP contribution >= 0.6 is 0 Å². The second-order valence-electron chi connectivity index (χ2n) is 6.99. The van der Waals surface area contributed by atoms with Crippen LogP contribution in [0.15, 0.2) is 24.3 Å². The van der Waals surface area contributed by atoms with Crippen LogP contribution in [0.2, 0.25) is 0 Å². The van der Waals surface area contributed by atoms with Gasteiger partial charge in [-0.1, -0.05) is 38.8 Å². The molecule has 0 aliphatic carbocycles. The topological polar surface area (TPSA) is 49.4 Å². The third-order valence-electron chi connectivity index (χ3n) is 4.79. The predicted molar refractivity (Wildman–Crippen MR) is 96.2 cm³/mol. The summed E-state index contributed by atoms with van der Waals surface area (Å²) in [6, 6.07) is 6.24. The molecule has 1 heterocycles. The molecule has 0 bridgehead atoms. The molecule has 1 aliphatic rings. The van der Waals surface area contributed by atoms with Crippen molar-refractivity contribution in [3.63, 3.8) is 0 Å². The van der Waals surface area contributed by atoms with Gasteiger partial charge in [-0.3, -0.25) is 9.59 Å². The number of carbonyl (C=O) groups excluding carboxylic acids is 2. The lowest BCUT2D eigenvalue weighted by Crippen LogP contribution is -2.35. The highest BCUT2D eigenvalue weighted by Gasteiger charge is 2.30. The molecule has 5 heteroatoms. The van der Waals surface area contributed by atoms with E-state index >= 15 is 0 Å². The van der Waals surface area contributed by atoms with E-state index in [0.717, 1.165) is 31.2 Å². The molecule has 1 saturated heterocycles. The maximum atomic E-state index is 13.0. The number of benzene rings is 1. The highest BCUT2D eigenvalue weighted by molar-refractivity contribution is 5.80. The second-order valence-corrected chi connectivity index (χ2v) is 6.99. The summed E-state index contributed by atoms with van der Waals surface area (Å²) >= 11 is 0. The molecule has 1 aromatic carbocycles. The molecule has 1 fully saturated rings. The zero-order valence-electron chi connectivity index (χ0n) is 15.3. The summed E-state index contributed by atoms with van der Waals surface area (Å²) in [6.45, 7) is 5.88. The molecule has 0 aromatic heterocycles. The van der Waals surface area contributed by atoms with E-state index in [-0.39, 0.29) is 29.5 Å². The smallest absolute Gasteiger partial charge is 0.223 e. The maximum absolute atomic E-state index is 13.0. The molecule has 138 valence electrons. The molecule has 1 aliphatic heterocycles. The largest absolute Gasteiger partial charge is 0.356 e. The van der Waals surface area contributed by atoms with E-state index in [0.29, 0.717) is 26.1 Å². The van der Waals surface area contributed by atoms with Crippen molar-refractivity contribution < 1.29 is 14.0 Å². The first kappa shape index (κ1) is 19.4. The van der Waals surface area contributed by atoms with Crippen LogP contribution in [0.25, 0.3) is 0 Å². The van der Waals surface area contributed by atoms with Crippen LogP contribution in [-0.4, -0.2) is 29.8 Å². The Kier molecular flexibility index (Phi) is 7.41. The summed E-state index contributed by atoms with van der Waals surface area (Å²) in [5.74, 6) is 0.185. The maximum Gasteiger partial charge on any atom is 0.223 e. The fourth-order valence-electron chi connectivity index (χ4n) is 3.45. The Morgan fingerprint density at radius 3 is 2.48 bits per heavy atom. The fraction of sp³-hybridized carbons (Fsp3) is 0.600. The summed E-state index contributed by atoms with van der Waals surface area (Å²) in [7, 11) is 0. The molecule has 2 rings (SSSR count). The molecule has 25 heavy (non-hydrogen) atoms. The van der Waals surface area contributed by atoms with Crippen molar-refractivity contribution in [3.05, 3.63) is 35.6 Å². The molecule has 1 unspecified atom stereocenters. The van der Waals surface area contributed by atoms with Crippen LogP contribution < -0.4 is 5.32 Å². The average molecular weight is 348 g/mol. The first-order valence-corrected chi connectivity index (χ1v) is 9.33. The third kappa shape index (κ3) is 5.83. The second kappa shape index (κ2) is 9.54. The quantitative estimate of drug-likeness (QED) is 0.742. The zero-order valence-corrected chi connectivity index (χ0v) is 15.3. The molecular formula is C20H29FN2O2. The van der Waals surface area contributed by atoms with Gasteiger partial charge >= 0.3 is 0 Å². The number of nitrogens with zero attached hydrogens (tertiary/aromatic N) is 1. The van der Waals surface area contributed by atoms with Crippen molar-refractivity contribution >= 4 is 11.8 Å². The van der Waals surface area contributed by atoms with E-state index in [2.05, 4.69) is 19.2 Å².